The van der Waals surface area contributed by atoms with Crippen molar-refractivity contribution >= 4 is 10.8 Å². The molecular formula is C12H18N2OS. The average molecular weight is 238 g/mol. The minimum Gasteiger partial charge on any atom is -0.316 e. The number of aromatic nitrogens is 1. The van der Waals surface area contributed by atoms with Crippen molar-refractivity contribution in [2.75, 3.05) is 18.8 Å². The molecule has 16 heavy (non-hydrogen) atoms. The topological polar surface area (TPSA) is 42.0 Å². The van der Waals surface area contributed by atoms with Crippen molar-refractivity contribution in [3.05, 3.63) is 23.9 Å². The molecule has 0 unspecified atom stereocenters. The van der Waals surface area contributed by atoms with E-state index in [-0.39, 0.29) is 0 Å². The molecule has 1 N–H and O–H groups in total. The predicted octanol–water partition coefficient (Wildman–Crippen LogP) is 1.50. The first kappa shape index (κ1) is 11.7. The van der Waals surface area contributed by atoms with Gasteiger partial charge >= 0.3 is 0 Å². The van der Waals surface area contributed by atoms with E-state index in [9.17, 15) is 4.21 Å². The first-order valence-electron chi connectivity index (χ1n) is 5.77. The summed E-state index contributed by atoms with van der Waals surface area (Å²) < 4.78 is 12.0. The first-order valence-corrected chi connectivity index (χ1v) is 7.09. The summed E-state index contributed by atoms with van der Waals surface area (Å²) in [6, 6.07) is 3.85. The second kappa shape index (κ2) is 5.55. The van der Waals surface area contributed by atoms with E-state index in [0.717, 1.165) is 29.4 Å². The smallest absolute Gasteiger partial charge is 0.127 e. The van der Waals surface area contributed by atoms with Crippen LogP contribution in [0.5, 0.6) is 0 Å². The van der Waals surface area contributed by atoms with Gasteiger partial charge in [-0.1, -0.05) is 6.07 Å². The number of pyridine rings is 1. The quantitative estimate of drug-likeness (QED) is 0.867. The monoisotopic (exact) mass is 238 g/mol. The molecule has 0 amide bonds. The summed E-state index contributed by atoms with van der Waals surface area (Å²) in [6.45, 7) is 4.09. The van der Waals surface area contributed by atoms with Gasteiger partial charge in [0, 0.05) is 11.9 Å². The summed E-state index contributed by atoms with van der Waals surface area (Å²) in [4.78, 5) is 4.22. The zero-order valence-electron chi connectivity index (χ0n) is 9.61. The lowest BCUT2D eigenvalue weighted by Crippen LogP contribution is -2.32. The Hall–Kier alpha value is -0.740. The van der Waals surface area contributed by atoms with Gasteiger partial charge in [-0.05, 0) is 50.4 Å². The Morgan fingerprint density at radius 3 is 3.06 bits per heavy atom. The Bertz CT molecular complexity index is 358. The zero-order chi connectivity index (χ0) is 11.4. The van der Waals surface area contributed by atoms with E-state index in [4.69, 9.17) is 0 Å². The fourth-order valence-electron chi connectivity index (χ4n) is 1.95. The van der Waals surface area contributed by atoms with Gasteiger partial charge in [0.2, 0.25) is 0 Å². The van der Waals surface area contributed by atoms with Crippen molar-refractivity contribution in [1.29, 1.82) is 0 Å². The lowest BCUT2D eigenvalue weighted by atomic mass is 10.0. The second-order valence-corrected chi connectivity index (χ2v) is 5.84. The number of aryl methyl sites for hydroxylation is 1. The second-order valence-electron chi connectivity index (χ2n) is 4.40. The van der Waals surface area contributed by atoms with E-state index in [2.05, 4.69) is 10.3 Å². The SMILES string of the molecule is Cc1ccc([S@](=O)C[C@H]2CCCNC2)nc1. The van der Waals surface area contributed by atoms with Crippen LogP contribution >= 0.6 is 0 Å². The average Bonchev–Trinajstić information content (AvgIpc) is 2.31. The van der Waals surface area contributed by atoms with Crippen molar-refractivity contribution in [2.45, 2.75) is 24.8 Å². The Morgan fingerprint density at radius 1 is 1.56 bits per heavy atom. The van der Waals surface area contributed by atoms with Crippen molar-refractivity contribution in [3.8, 4) is 0 Å². The lowest BCUT2D eigenvalue weighted by Gasteiger charge is -2.21. The number of hydrogen-bond donors (Lipinski definition) is 1. The van der Waals surface area contributed by atoms with Gasteiger partial charge in [0.1, 0.15) is 5.03 Å². The Labute approximate surface area is 99.1 Å². The van der Waals surface area contributed by atoms with Gasteiger partial charge in [0.15, 0.2) is 0 Å². The summed E-state index contributed by atoms with van der Waals surface area (Å²) in [6.07, 6.45) is 4.17. The van der Waals surface area contributed by atoms with Gasteiger partial charge in [0.05, 0.1) is 10.8 Å². The van der Waals surface area contributed by atoms with E-state index in [1.165, 1.54) is 12.8 Å². The maximum atomic E-state index is 12.0. The molecule has 1 aromatic heterocycles. The Balaban J connectivity index is 1.94. The molecule has 4 heteroatoms. The number of nitrogens with one attached hydrogen (secondary N) is 1. The molecule has 1 saturated heterocycles. The van der Waals surface area contributed by atoms with Gasteiger partial charge < -0.3 is 5.32 Å². The highest BCUT2D eigenvalue weighted by molar-refractivity contribution is 7.84. The molecule has 3 nitrogen and oxygen atoms in total. The number of piperidine rings is 1. The zero-order valence-corrected chi connectivity index (χ0v) is 10.4. The summed E-state index contributed by atoms with van der Waals surface area (Å²) in [5.74, 6) is 1.28. The fraction of sp³-hybridized carbons (Fsp3) is 0.583. The summed E-state index contributed by atoms with van der Waals surface area (Å²) >= 11 is 0. The molecule has 1 aromatic rings. The van der Waals surface area contributed by atoms with Crippen LogP contribution in [0, 0.1) is 12.8 Å². The minimum absolute atomic E-state index is 0.540. The molecule has 0 spiro atoms. The molecule has 88 valence electrons. The van der Waals surface area contributed by atoms with E-state index in [0.29, 0.717) is 5.92 Å². The highest BCUT2D eigenvalue weighted by Gasteiger charge is 2.17. The van der Waals surface area contributed by atoms with Crippen LogP contribution in [0.4, 0.5) is 0 Å². The van der Waals surface area contributed by atoms with Gasteiger partial charge in [-0.15, -0.1) is 0 Å². The van der Waals surface area contributed by atoms with Crippen molar-refractivity contribution in [1.82, 2.24) is 10.3 Å². The van der Waals surface area contributed by atoms with Crippen LogP contribution < -0.4 is 5.32 Å². The molecule has 2 atom stereocenters. The van der Waals surface area contributed by atoms with Crippen LogP contribution in [0.3, 0.4) is 0 Å². The normalized spacial score (nSPS) is 22.9. The van der Waals surface area contributed by atoms with Crippen LogP contribution in [0.1, 0.15) is 18.4 Å². The molecule has 1 aliphatic rings. The van der Waals surface area contributed by atoms with Crippen LogP contribution in [0.15, 0.2) is 23.4 Å². The molecule has 0 aliphatic carbocycles. The van der Waals surface area contributed by atoms with Crippen molar-refractivity contribution in [3.63, 3.8) is 0 Å². The van der Waals surface area contributed by atoms with Crippen molar-refractivity contribution < 1.29 is 4.21 Å². The molecule has 0 bridgehead atoms. The largest absolute Gasteiger partial charge is 0.316 e. The van der Waals surface area contributed by atoms with Crippen LogP contribution in [-0.2, 0) is 10.8 Å². The van der Waals surface area contributed by atoms with Crippen LogP contribution in [0.2, 0.25) is 0 Å². The standard InChI is InChI=1S/C12H18N2OS/c1-10-4-5-12(14-7-10)16(15)9-11-3-2-6-13-8-11/h4-5,7,11,13H,2-3,6,8-9H2,1H3/t11-,16+/m0/s1. The lowest BCUT2D eigenvalue weighted by molar-refractivity contribution is 0.408. The van der Waals surface area contributed by atoms with Gasteiger partial charge in [-0.2, -0.15) is 0 Å². The summed E-state index contributed by atoms with van der Waals surface area (Å²) in [7, 11) is -0.940. The molecule has 2 rings (SSSR count). The van der Waals surface area contributed by atoms with Crippen molar-refractivity contribution in [2.24, 2.45) is 5.92 Å². The fourth-order valence-corrected chi connectivity index (χ4v) is 3.23. The van der Waals surface area contributed by atoms with E-state index in [1.54, 1.807) is 6.20 Å². The molecule has 0 aromatic carbocycles. The minimum atomic E-state index is -0.940. The predicted molar refractivity (Wildman–Crippen MR) is 65.8 cm³/mol. The van der Waals surface area contributed by atoms with E-state index < -0.39 is 10.8 Å². The molecule has 0 saturated carbocycles. The Kier molecular flexibility index (Phi) is 4.07. The van der Waals surface area contributed by atoms with Gasteiger partial charge in [-0.3, -0.25) is 4.21 Å². The third-order valence-electron chi connectivity index (χ3n) is 2.90. The number of hydrogen-bond acceptors (Lipinski definition) is 3. The summed E-state index contributed by atoms with van der Waals surface area (Å²) in [5.41, 5.74) is 1.11. The van der Waals surface area contributed by atoms with E-state index >= 15 is 0 Å². The summed E-state index contributed by atoms with van der Waals surface area (Å²) in [5, 5.41) is 4.06. The highest BCUT2D eigenvalue weighted by Crippen LogP contribution is 2.14. The highest BCUT2D eigenvalue weighted by atomic mass is 32.2. The number of nitrogens with zero attached hydrogens (tertiary/aromatic N) is 1. The van der Waals surface area contributed by atoms with Gasteiger partial charge in [-0.25, -0.2) is 4.98 Å². The molecular weight excluding hydrogens is 220 g/mol. The third-order valence-corrected chi connectivity index (χ3v) is 4.39. The van der Waals surface area contributed by atoms with Crippen LogP contribution in [0.25, 0.3) is 0 Å². The van der Waals surface area contributed by atoms with Crippen LogP contribution in [-0.4, -0.2) is 28.0 Å². The van der Waals surface area contributed by atoms with E-state index in [1.807, 2.05) is 19.1 Å². The number of rotatable bonds is 3. The molecule has 0 radical (unpaired) electrons. The first-order chi connectivity index (χ1) is 7.75. The third kappa shape index (κ3) is 3.12. The Morgan fingerprint density at radius 2 is 2.44 bits per heavy atom. The molecule has 2 heterocycles. The molecule has 1 aliphatic heterocycles. The van der Waals surface area contributed by atoms with Gasteiger partial charge in [0.25, 0.3) is 0 Å². The molecule has 1 fully saturated rings. The maximum Gasteiger partial charge on any atom is 0.127 e. The maximum absolute atomic E-state index is 12.0.